The predicted octanol–water partition coefficient (Wildman–Crippen LogP) is 3.79. The molecule has 1 spiro atoms. The number of nitrogens with two attached hydrogens (primary N) is 1. The molecule has 0 radical (unpaired) electrons. The smallest absolute Gasteiger partial charge is 0.368 e. The first-order valence-corrected chi connectivity index (χ1v) is 13.2. The van der Waals surface area contributed by atoms with Crippen LogP contribution in [0.2, 0.25) is 0 Å². The van der Waals surface area contributed by atoms with Gasteiger partial charge < -0.3 is 20.2 Å². The number of carbonyl (C=O) groups excluding carboxylic acids is 1. The number of aryl methyl sites for hydroxylation is 1. The van der Waals surface area contributed by atoms with E-state index in [9.17, 15) is 23.2 Å². The Morgan fingerprint density at radius 3 is 2.60 bits per heavy atom. The van der Waals surface area contributed by atoms with Gasteiger partial charge in [0, 0.05) is 41.6 Å². The highest BCUT2D eigenvalue weighted by Gasteiger charge is 2.45. The van der Waals surface area contributed by atoms with E-state index in [1.807, 2.05) is 19.1 Å². The molecule has 3 N–H and O–H groups in total. The number of likely N-dealkylation sites (tertiary alicyclic amines) is 1. The maximum absolute atomic E-state index is 12.9. The Balaban J connectivity index is 1.11. The van der Waals surface area contributed by atoms with Gasteiger partial charge in [0.2, 0.25) is 5.91 Å². The van der Waals surface area contributed by atoms with E-state index in [1.54, 1.807) is 4.57 Å². The molecule has 9 nitrogen and oxygen atoms in total. The number of carbonyl (C=O) groups is 1. The van der Waals surface area contributed by atoms with Crippen molar-refractivity contribution in [1.29, 1.82) is 5.26 Å². The van der Waals surface area contributed by atoms with Crippen molar-refractivity contribution in [1.82, 2.24) is 24.4 Å². The van der Waals surface area contributed by atoms with Crippen molar-refractivity contribution < 1.29 is 18.0 Å². The highest BCUT2D eigenvalue weighted by molar-refractivity contribution is 5.89. The molecule has 1 aromatic carbocycles. The third-order valence-corrected chi connectivity index (χ3v) is 8.41. The molecule has 4 aromatic rings. The number of hydrogen-bond acceptors (Lipinski definition) is 6. The quantitative estimate of drug-likeness (QED) is 0.377. The van der Waals surface area contributed by atoms with Crippen LogP contribution in [0.15, 0.2) is 30.6 Å². The van der Waals surface area contributed by atoms with Gasteiger partial charge in [-0.25, -0.2) is 9.97 Å². The van der Waals surface area contributed by atoms with E-state index in [0.717, 1.165) is 62.0 Å². The summed E-state index contributed by atoms with van der Waals surface area (Å²) in [5, 5.41) is 11.1. The molecule has 6 rings (SSSR count). The predicted molar refractivity (Wildman–Crippen MR) is 143 cm³/mol. The summed E-state index contributed by atoms with van der Waals surface area (Å²) in [7, 11) is 0. The van der Waals surface area contributed by atoms with E-state index < -0.39 is 18.5 Å². The van der Waals surface area contributed by atoms with Gasteiger partial charge in [-0.2, -0.15) is 18.4 Å². The summed E-state index contributed by atoms with van der Waals surface area (Å²) < 4.78 is 40.3. The number of H-pyrrole nitrogens is 1. The van der Waals surface area contributed by atoms with Crippen LogP contribution in [0.4, 0.5) is 19.0 Å². The summed E-state index contributed by atoms with van der Waals surface area (Å²) in [6.45, 7) is 6.33. The van der Waals surface area contributed by atoms with Gasteiger partial charge in [0.15, 0.2) is 0 Å². The minimum Gasteiger partial charge on any atom is -0.368 e. The van der Waals surface area contributed by atoms with Gasteiger partial charge in [-0.3, -0.25) is 9.69 Å². The Hall–Kier alpha value is -4.11. The van der Waals surface area contributed by atoms with Crippen molar-refractivity contribution in [2.45, 2.75) is 45.5 Å². The largest absolute Gasteiger partial charge is 0.394 e. The van der Waals surface area contributed by atoms with Crippen molar-refractivity contribution in [3.63, 3.8) is 0 Å². The number of anilines is 1. The molecule has 0 unspecified atom stereocenters. The molecule has 3 aromatic heterocycles. The van der Waals surface area contributed by atoms with Crippen molar-refractivity contribution in [2.75, 3.05) is 31.1 Å². The van der Waals surface area contributed by atoms with Crippen LogP contribution in [-0.2, 0) is 24.3 Å². The lowest BCUT2D eigenvalue weighted by Crippen LogP contribution is -2.60. The number of nitrogens with zero attached hydrogens (tertiary/aromatic N) is 6. The van der Waals surface area contributed by atoms with Gasteiger partial charge in [-0.1, -0.05) is 6.07 Å². The number of rotatable bonds is 6. The standard InChI is InChI=1S/C28H29F3N8O/c1-17-18(2-3-23-21(17)9-20(11-32)39(23)13-24(33)40)12-37-6-4-27(5-7-37)14-38(15-27)26-22-8-19(10-28(29,30)31)36-25(22)34-16-35-26/h2-3,8-9,16H,4-7,10,12-15H2,1H3,(H2,33,40)(H,34,35,36). The molecule has 2 aliphatic heterocycles. The van der Waals surface area contributed by atoms with Gasteiger partial charge in [0.1, 0.15) is 36.1 Å². The number of halogens is 3. The summed E-state index contributed by atoms with van der Waals surface area (Å²) in [6.07, 6.45) is -1.85. The van der Waals surface area contributed by atoms with Crippen LogP contribution in [0.5, 0.6) is 0 Å². The SMILES string of the molecule is Cc1c(CN2CCC3(CC2)CN(c2ncnc4[nH]c(CC(F)(F)F)cc24)C3)ccc2c1cc(C#N)n2CC(N)=O. The Morgan fingerprint density at radius 2 is 1.93 bits per heavy atom. The second-order valence-corrected chi connectivity index (χ2v) is 11.2. The topological polar surface area (TPSA) is 120 Å². The van der Waals surface area contributed by atoms with Crippen molar-refractivity contribution in [2.24, 2.45) is 11.1 Å². The number of fused-ring (bicyclic) bond motifs is 2. The molecule has 2 aliphatic rings. The number of piperidine rings is 1. The Morgan fingerprint density at radius 1 is 1.18 bits per heavy atom. The van der Waals surface area contributed by atoms with Crippen LogP contribution in [0, 0.1) is 23.7 Å². The normalized spacial score (nSPS) is 17.4. The number of aromatic nitrogens is 4. The highest BCUT2D eigenvalue weighted by Crippen LogP contribution is 2.44. The molecule has 1 amide bonds. The molecule has 2 fully saturated rings. The van der Waals surface area contributed by atoms with Crippen molar-refractivity contribution in [3.05, 3.63) is 53.1 Å². The van der Waals surface area contributed by atoms with E-state index in [2.05, 4.69) is 36.9 Å². The summed E-state index contributed by atoms with van der Waals surface area (Å²) in [4.78, 5) is 27.4. The first-order valence-electron chi connectivity index (χ1n) is 13.2. The number of aromatic amines is 1. The highest BCUT2D eigenvalue weighted by atomic mass is 19.4. The van der Waals surface area contributed by atoms with Crippen LogP contribution in [0.1, 0.15) is 35.4 Å². The van der Waals surface area contributed by atoms with Gasteiger partial charge >= 0.3 is 6.18 Å². The first kappa shape index (κ1) is 26.1. The number of benzene rings is 1. The second-order valence-electron chi connectivity index (χ2n) is 11.2. The number of hydrogen-bond donors (Lipinski definition) is 2. The second kappa shape index (κ2) is 9.52. The van der Waals surface area contributed by atoms with Crippen molar-refractivity contribution >= 4 is 33.7 Å². The number of nitrogens with one attached hydrogen (secondary N) is 1. The maximum Gasteiger partial charge on any atom is 0.394 e. The summed E-state index contributed by atoms with van der Waals surface area (Å²) in [5.74, 6) is 0.197. The summed E-state index contributed by atoms with van der Waals surface area (Å²) >= 11 is 0. The molecular weight excluding hydrogens is 521 g/mol. The monoisotopic (exact) mass is 550 g/mol. The Kier molecular flexibility index (Phi) is 6.22. The molecular formula is C28H29F3N8O. The van der Waals surface area contributed by atoms with E-state index in [1.165, 1.54) is 18.0 Å². The van der Waals surface area contributed by atoms with Gasteiger partial charge in [0.05, 0.1) is 11.8 Å². The van der Waals surface area contributed by atoms with Gasteiger partial charge in [-0.05, 0) is 62.2 Å². The third-order valence-electron chi connectivity index (χ3n) is 8.41. The van der Waals surface area contributed by atoms with Crippen LogP contribution < -0.4 is 10.6 Å². The minimum absolute atomic E-state index is 0.0320. The van der Waals surface area contributed by atoms with Crippen LogP contribution in [-0.4, -0.2) is 62.7 Å². The van der Waals surface area contributed by atoms with Crippen molar-refractivity contribution in [3.8, 4) is 6.07 Å². The molecule has 5 heterocycles. The fourth-order valence-electron chi connectivity index (χ4n) is 6.31. The summed E-state index contributed by atoms with van der Waals surface area (Å²) in [5.41, 5.74) is 9.61. The van der Waals surface area contributed by atoms with E-state index in [-0.39, 0.29) is 17.7 Å². The Labute approximate surface area is 228 Å². The molecule has 40 heavy (non-hydrogen) atoms. The average Bonchev–Trinajstić information content (AvgIpc) is 3.44. The third kappa shape index (κ3) is 4.75. The Bertz CT molecular complexity index is 1650. The zero-order valence-electron chi connectivity index (χ0n) is 22.1. The van der Waals surface area contributed by atoms with Crippen LogP contribution in [0.3, 0.4) is 0 Å². The fraction of sp³-hybridized carbons (Fsp3) is 0.429. The van der Waals surface area contributed by atoms with E-state index >= 15 is 0 Å². The lowest BCUT2D eigenvalue weighted by atomic mass is 9.72. The van der Waals surface area contributed by atoms with E-state index in [4.69, 9.17) is 5.73 Å². The molecule has 12 heteroatoms. The first-order chi connectivity index (χ1) is 19.0. The zero-order chi connectivity index (χ0) is 28.2. The average molecular weight is 551 g/mol. The lowest BCUT2D eigenvalue weighted by molar-refractivity contribution is -0.127. The van der Waals surface area contributed by atoms with Gasteiger partial charge in [0.25, 0.3) is 0 Å². The number of primary amides is 1. The molecule has 208 valence electrons. The lowest BCUT2D eigenvalue weighted by Gasteiger charge is -2.54. The number of alkyl halides is 3. The van der Waals surface area contributed by atoms with Crippen LogP contribution >= 0.6 is 0 Å². The summed E-state index contributed by atoms with van der Waals surface area (Å²) in [6, 6.07) is 9.53. The zero-order valence-corrected chi connectivity index (χ0v) is 22.1. The minimum atomic E-state index is -4.29. The maximum atomic E-state index is 12.9. The van der Waals surface area contributed by atoms with Crippen LogP contribution in [0.25, 0.3) is 21.9 Å². The number of amides is 1. The molecule has 0 aliphatic carbocycles. The molecule has 2 saturated heterocycles. The number of nitriles is 1. The van der Waals surface area contributed by atoms with Gasteiger partial charge in [-0.15, -0.1) is 0 Å². The fourth-order valence-corrected chi connectivity index (χ4v) is 6.31. The molecule has 0 saturated carbocycles. The molecule has 0 atom stereocenters. The molecule has 0 bridgehead atoms. The van der Waals surface area contributed by atoms with E-state index in [0.29, 0.717) is 22.5 Å².